The Bertz CT molecular complexity index is 1300. The summed E-state index contributed by atoms with van der Waals surface area (Å²) in [5, 5.41) is 2.97. The minimum atomic E-state index is -0.195. The molecule has 34 heavy (non-hydrogen) atoms. The molecule has 0 saturated carbocycles. The van der Waals surface area contributed by atoms with E-state index < -0.39 is 0 Å². The summed E-state index contributed by atoms with van der Waals surface area (Å²) < 4.78 is 5.79. The lowest BCUT2D eigenvalue weighted by Gasteiger charge is -2.30. The van der Waals surface area contributed by atoms with Crippen molar-refractivity contribution in [3.05, 3.63) is 120 Å². The maximum absolute atomic E-state index is 12.8. The maximum Gasteiger partial charge on any atom is 0.255 e. The number of ether oxygens (including phenoxy) is 1. The van der Waals surface area contributed by atoms with Crippen LogP contribution in [0.15, 0.2) is 103 Å². The first-order valence-corrected chi connectivity index (χ1v) is 11.3. The van der Waals surface area contributed by atoms with E-state index in [2.05, 4.69) is 5.32 Å². The van der Waals surface area contributed by atoms with Crippen molar-refractivity contribution in [2.75, 3.05) is 10.2 Å². The van der Waals surface area contributed by atoms with Crippen molar-refractivity contribution in [2.45, 2.75) is 19.4 Å². The van der Waals surface area contributed by atoms with E-state index in [9.17, 15) is 9.59 Å². The molecule has 0 bridgehead atoms. The average Bonchev–Trinajstić information content (AvgIpc) is 2.87. The molecule has 1 N–H and O–H groups in total. The van der Waals surface area contributed by atoms with Gasteiger partial charge in [-0.3, -0.25) is 9.59 Å². The Morgan fingerprint density at radius 2 is 1.47 bits per heavy atom. The van der Waals surface area contributed by atoms with Crippen LogP contribution < -0.4 is 15.0 Å². The fourth-order valence-electron chi connectivity index (χ4n) is 4.08. The summed E-state index contributed by atoms with van der Waals surface area (Å²) in [6.45, 7) is 0.537. The second-order valence-electron chi connectivity index (χ2n) is 8.20. The predicted molar refractivity (Wildman–Crippen MR) is 133 cm³/mol. The maximum atomic E-state index is 12.8. The number of para-hydroxylation sites is 1. The summed E-state index contributed by atoms with van der Waals surface area (Å²) in [7, 11) is 0. The van der Waals surface area contributed by atoms with Crippen LogP contribution in [-0.4, -0.2) is 11.8 Å². The lowest BCUT2D eigenvalue weighted by atomic mass is 9.99. The molecule has 168 valence electrons. The number of rotatable bonds is 6. The van der Waals surface area contributed by atoms with Crippen LogP contribution in [0.4, 0.5) is 11.4 Å². The van der Waals surface area contributed by atoms with Gasteiger partial charge in [0.25, 0.3) is 5.91 Å². The number of anilines is 2. The van der Waals surface area contributed by atoms with Crippen LogP contribution in [0.2, 0.25) is 0 Å². The molecule has 1 aliphatic rings. The molecule has 5 nitrogen and oxygen atoms in total. The van der Waals surface area contributed by atoms with E-state index in [-0.39, 0.29) is 11.8 Å². The molecule has 0 radical (unpaired) electrons. The first-order chi connectivity index (χ1) is 16.7. The van der Waals surface area contributed by atoms with E-state index in [4.69, 9.17) is 4.74 Å². The van der Waals surface area contributed by atoms with Crippen molar-refractivity contribution in [3.63, 3.8) is 0 Å². The Labute approximate surface area is 198 Å². The van der Waals surface area contributed by atoms with Gasteiger partial charge in [0.1, 0.15) is 11.5 Å². The van der Waals surface area contributed by atoms with Crippen molar-refractivity contribution >= 4 is 23.2 Å². The molecule has 0 unspecified atom stereocenters. The topological polar surface area (TPSA) is 58.6 Å². The minimum Gasteiger partial charge on any atom is -0.457 e. The summed E-state index contributed by atoms with van der Waals surface area (Å²) in [5.74, 6) is 1.33. The Hall–Kier alpha value is -4.38. The van der Waals surface area contributed by atoms with Crippen molar-refractivity contribution in [1.82, 2.24) is 0 Å². The van der Waals surface area contributed by atoms with Crippen LogP contribution in [-0.2, 0) is 17.8 Å². The van der Waals surface area contributed by atoms with Gasteiger partial charge in [0, 0.05) is 23.4 Å². The third-order valence-corrected chi connectivity index (χ3v) is 5.82. The molecule has 5 heteroatoms. The molecule has 0 fully saturated rings. The zero-order valence-corrected chi connectivity index (χ0v) is 18.6. The Balaban J connectivity index is 1.28. The minimum absolute atomic E-state index is 0.117. The molecule has 0 aliphatic carbocycles. The van der Waals surface area contributed by atoms with E-state index in [0.29, 0.717) is 36.4 Å². The van der Waals surface area contributed by atoms with Crippen molar-refractivity contribution in [3.8, 4) is 11.5 Å². The summed E-state index contributed by atoms with van der Waals surface area (Å²) >= 11 is 0. The molecule has 0 saturated heterocycles. The first-order valence-electron chi connectivity index (χ1n) is 11.3. The number of fused-ring (bicyclic) bond motifs is 1. The van der Waals surface area contributed by atoms with Crippen LogP contribution in [0.1, 0.15) is 27.9 Å². The predicted octanol–water partition coefficient (Wildman–Crippen LogP) is 6.21. The average molecular weight is 449 g/mol. The molecule has 4 aromatic rings. The number of aryl methyl sites for hydroxylation is 1. The molecule has 0 atom stereocenters. The van der Waals surface area contributed by atoms with E-state index in [1.165, 1.54) is 0 Å². The number of hydrogen-bond acceptors (Lipinski definition) is 3. The molecule has 1 heterocycles. The molecular weight excluding hydrogens is 424 g/mol. The highest BCUT2D eigenvalue weighted by Crippen LogP contribution is 2.32. The van der Waals surface area contributed by atoms with Gasteiger partial charge < -0.3 is 15.0 Å². The zero-order valence-electron chi connectivity index (χ0n) is 18.6. The molecule has 0 aromatic heterocycles. The third kappa shape index (κ3) is 4.84. The van der Waals surface area contributed by atoms with E-state index in [1.807, 2.05) is 83.8 Å². The summed E-state index contributed by atoms with van der Waals surface area (Å²) in [6, 6.07) is 32.2. The van der Waals surface area contributed by atoms with E-state index in [1.54, 1.807) is 24.3 Å². The fraction of sp³-hybridized carbons (Fsp3) is 0.103. The standard InChI is InChI=1S/C29H24N2O3/c32-28-18-13-23-19-24(14-17-27(23)31(28)20-21-7-3-1-4-8-21)30-29(33)22-11-15-26(16-12-22)34-25-9-5-2-6-10-25/h1-12,14-17,19H,13,18,20H2,(H,30,33). The van der Waals surface area contributed by atoms with Gasteiger partial charge in [0.05, 0.1) is 6.54 Å². The highest BCUT2D eigenvalue weighted by atomic mass is 16.5. The van der Waals surface area contributed by atoms with Gasteiger partial charge in [-0.15, -0.1) is 0 Å². The van der Waals surface area contributed by atoms with Crippen molar-refractivity contribution in [1.29, 1.82) is 0 Å². The van der Waals surface area contributed by atoms with E-state index >= 15 is 0 Å². The van der Waals surface area contributed by atoms with Crippen LogP contribution in [0, 0.1) is 0 Å². The van der Waals surface area contributed by atoms with Gasteiger partial charge in [-0.2, -0.15) is 0 Å². The van der Waals surface area contributed by atoms with Gasteiger partial charge in [0.2, 0.25) is 5.91 Å². The number of benzene rings is 4. The smallest absolute Gasteiger partial charge is 0.255 e. The lowest BCUT2D eigenvalue weighted by Crippen LogP contribution is -2.34. The number of amides is 2. The summed E-state index contributed by atoms with van der Waals surface area (Å²) in [4.78, 5) is 27.2. The van der Waals surface area contributed by atoms with Crippen LogP contribution in [0.3, 0.4) is 0 Å². The number of nitrogens with one attached hydrogen (secondary N) is 1. The number of nitrogens with zero attached hydrogens (tertiary/aromatic N) is 1. The molecule has 0 spiro atoms. The second kappa shape index (κ2) is 9.63. The van der Waals surface area contributed by atoms with Crippen LogP contribution in [0.25, 0.3) is 0 Å². The Morgan fingerprint density at radius 3 is 2.21 bits per heavy atom. The fourth-order valence-corrected chi connectivity index (χ4v) is 4.08. The third-order valence-electron chi connectivity index (χ3n) is 5.82. The number of carbonyl (C=O) groups is 2. The monoisotopic (exact) mass is 448 g/mol. The zero-order chi connectivity index (χ0) is 23.3. The molecule has 1 aliphatic heterocycles. The SMILES string of the molecule is O=C(Nc1ccc2c(c1)CCC(=O)N2Cc1ccccc1)c1ccc(Oc2ccccc2)cc1. The van der Waals surface area contributed by atoms with Gasteiger partial charge in [-0.25, -0.2) is 0 Å². The quantitative estimate of drug-likeness (QED) is 0.381. The van der Waals surface area contributed by atoms with Gasteiger partial charge in [-0.05, 0) is 72.1 Å². The number of carbonyl (C=O) groups excluding carboxylic acids is 2. The van der Waals surface area contributed by atoms with Gasteiger partial charge >= 0.3 is 0 Å². The molecule has 5 rings (SSSR count). The highest BCUT2D eigenvalue weighted by molar-refractivity contribution is 6.05. The number of hydrogen-bond donors (Lipinski definition) is 1. The summed E-state index contributed by atoms with van der Waals surface area (Å²) in [5.41, 5.74) is 4.29. The lowest BCUT2D eigenvalue weighted by molar-refractivity contribution is -0.119. The van der Waals surface area contributed by atoms with Crippen LogP contribution >= 0.6 is 0 Å². The van der Waals surface area contributed by atoms with E-state index in [0.717, 1.165) is 22.6 Å². The normalized spacial score (nSPS) is 12.7. The van der Waals surface area contributed by atoms with Crippen molar-refractivity contribution < 1.29 is 14.3 Å². The Morgan fingerprint density at radius 1 is 0.794 bits per heavy atom. The first kappa shape index (κ1) is 21.5. The van der Waals surface area contributed by atoms with Crippen molar-refractivity contribution in [2.24, 2.45) is 0 Å². The highest BCUT2D eigenvalue weighted by Gasteiger charge is 2.24. The second-order valence-corrected chi connectivity index (χ2v) is 8.20. The van der Waals surface area contributed by atoms with Gasteiger partial charge in [-0.1, -0.05) is 48.5 Å². The largest absolute Gasteiger partial charge is 0.457 e. The Kier molecular flexibility index (Phi) is 6.08. The molecule has 4 aromatic carbocycles. The molecule has 2 amide bonds. The van der Waals surface area contributed by atoms with Gasteiger partial charge in [0.15, 0.2) is 0 Å². The summed E-state index contributed by atoms with van der Waals surface area (Å²) in [6.07, 6.45) is 1.12. The van der Waals surface area contributed by atoms with Crippen LogP contribution in [0.5, 0.6) is 11.5 Å². The molecular formula is C29H24N2O3.